The topological polar surface area (TPSA) is 45.9 Å². The molecule has 10 aromatic rings. The number of benzene rings is 7. The van der Waals surface area contributed by atoms with E-state index in [1.165, 1.54) is 11.1 Å². The summed E-state index contributed by atoms with van der Waals surface area (Å²) in [6, 6.07) is 48.9. The van der Waals surface area contributed by atoms with Crippen molar-refractivity contribution in [1.29, 1.82) is 0 Å². The maximum absolute atomic E-state index is 6.61. The van der Waals surface area contributed by atoms with Crippen LogP contribution in [0.5, 0.6) is 0 Å². The van der Waals surface area contributed by atoms with Crippen molar-refractivity contribution in [2.24, 2.45) is 0 Å². The average Bonchev–Trinajstić information content (AvgIpc) is 3.81. The van der Waals surface area contributed by atoms with Crippen LogP contribution in [0.1, 0.15) is 11.1 Å². The maximum atomic E-state index is 6.61. The number of fused-ring (bicyclic) bond motifs is 9. The third-order valence-corrected chi connectivity index (χ3v) is 10.00. The minimum Gasteiger partial charge on any atom is -0.456 e. The highest BCUT2D eigenvalue weighted by Gasteiger charge is 2.18. The molecule has 0 atom stereocenters. The van der Waals surface area contributed by atoms with Crippen molar-refractivity contribution in [3.05, 3.63) is 151 Å². The van der Waals surface area contributed by atoms with Crippen LogP contribution in [0.15, 0.2) is 153 Å². The van der Waals surface area contributed by atoms with Gasteiger partial charge in [-0.25, -0.2) is 0 Å². The first-order valence-corrected chi connectivity index (χ1v) is 16.9. The smallest absolute Gasteiger partial charge is 0.137 e. The van der Waals surface area contributed by atoms with Gasteiger partial charge in [-0.05, 0) is 98.3 Å². The van der Waals surface area contributed by atoms with Gasteiger partial charge in [0.15, 0.2) is 0 Å². The van der Waals surface area contributed by atoms with Crippen LogP contribution < -0.4 is 9.80 Å². The van der Waals surface area contributed by atoms with E-state index in [-0.39, 0.29) is 0 Å². The van der Waals surface area contributed by atoms with Crippen LogP contribution in [0.25, 0.3) is 65.8 Å². The SMILES string of the molecule is Cc1ccc(N(c2ccc3c(c2)oc2cc(C)ccc23)c2ccc3c(c2)oc2cc(N(C)c4ccc5oc6ccccc6c5c4)ccc23)cc1. The lowest BCUT2D eigenvalue weighted by Gasteiger charge is -2.25. The number of rotatable bonds is 5. The summed E-state index contributed by atoms with van der Waals surface area (Å²) in [4.78, 5) is 4.45. The van der Waals surface area contributed by atoms with Gasteiger partial charge in [0.1, 0.15) is 33.5 Å². The molecule has 0 aliphatic rings. The van der Waals surface area contributed by atoms with Crippen molar-refractivity contribution in [3.8, 4) is 0 Å². The van der Waals surface area contributed by atoms with E-state index in [4.69, 9.17) is 13.3 Å². The van der Waals surface area contributed by atoms with Crippen molar-refractivity contribution in [1.82, 2.24) is 0 Å². The second-order valence-electron chi connectivity index (χ2n) is 13.3. The van der Waals surface area contributed by atoms with Crippen molar-refractivity contribution in [2.75, 3.05) is 16.8 Å². The molecule has 0 N–H and O–H groups in total. The summed E-state index contributed by atoms with van der Waals surface area (Å²) in [6.45, 7) is 4.20. The molecule has 0 bridgehead atoms. The Morgan fingerprint density at radius 3 is 1.46 bits per heavy atom. The number of anilines is 5. The third-order valence-electron chi connectivity index (χ3n) is 10.00. The van der Waals surface area contributed by atoms with Gasteiger partial charge in [0.2, 0.25) is 0 Å². The van der Waals surface area contributed by atoms with E-state index in [9.17, 15) is 0 Å². The molecule has 10 rings (SSSR count). The van der Waals surface area contributed by atoms with E-state index < -0.39 is 0 Å². The lowest BCUT2D eigenvalue weighted by Crippen LogP contribution is -2.09. The predicted octanol–water partition coefficient (Wildman–Crippen LogP) is 13.2. The van der Waals surface area contributed by atoms with E-state index in [2.05, 4.69) is 158 Å². The van der Waals surface area contributed by atoms with Gasteiger partial charge in [-0.3, -0.25) is 0 Å². The summed E-state index contributed by atoms with van der Waals surface area (Å²) in [6.07, 6.45) is 0. The van der Waals surface area contributed by atoms with E-state index in [1.807, 2.05) is 12.1 Å². The van der Waals surface area contributed by atoms with Gasteiger partial charge in [0.05, 0.1) is 0 Å². The average molecular weight is 649 g/mol. The first-order chi connectivity index (χ1) is 24.5. The van der Waals surface area contributed by atoms with Crippen LogP contribution in [0.3, 0.4) is 0 Å². The van der Waals surface area contributed by atoms with Gasteiger partial charge in [0.25, 0.3) is 0 Å². The highest BCUT2D eigenvalue weighted by Crippen LogP contribution is 2.42. The molecule has 0 saturated heterocycles. The van der Waals surface area contributed by atoms with Crippen LogP contribution in [-0.4, -0.2) is 7.05 Å². The molecule has 0 fully saturated rings. The number of nitrogens with zero attached hydrogens (tertiary/aromatic N) is 2. The zero-order valence-electron chi connectivity index (χ0n) is 27.9. The zero-order chi connectivity index (χ0) is 33.5. The Hall–Kier alpha value is -6.46. The van der Waals surface area contributed by atoms with E-state index in [1.54, 1.807) is 0 Å². The Bertz CT molecular complexity index is 2930. The molecule has 50 heavy (non-hydrogen) atoms. The van der Waals surface area contributed by atoms with Gasteiger partial charge in [0, 0.05) is 86.0 Å². The first kappa shape index (κ1) is 28.5. The predicted molar refractivity (Wildman–Crippen MR) is 207 cm³/mol. The lowest BCUT2D eigenvalue weighted by atomic mass is 10.1. The summed E-state index contributed by atoms with van der Waals surface area (Å²) in [5.74, 6) is 0. The normalized spacial score (nSPS) is 11.9. The minimum absolute atomic E-state index is 0.834. The number of hydrogen-bond acceptors (Lipinski definition) is 5. The fourth-order valence-corrected chi connectivity index (χ4v) is 7.33. The van der Waals surface area contributed by atoms with Crippen molar-refractivity contribution in [3.63, 3.8) is 0 Å². The number of aryl methyl sites for hydroxylation is 2. The molecule has 5 heteroatoms. The first-order valence-electron chi connectivity index (χ1n) is 16.9. The molecule has 7 aromatic carbocycles. The molecule has 0 amide bonds. The van der Waals surface area contributed by atoms with Crippen LogP contribution in [0.4, 0.5) is 28.4 Å². The highest BCUT2D eigenvalue weighted by atomic mass is 16.3. The zero-order valence-corrected chi connectivity index (χ0v) is 27.9. The molecule has 0 radical (unpaired) electrons. The quantitative estimate of drug-likeness (QED) is 0.186. The fraction of sp³-hybridized carbons (Fsp3) is 0.0667. The molecule has 0 aliphatic heterocycles. The van der Waals surface area contributed by atoms with Crippen molar-refractivity contribution >= 4 is 94.3 Å². The maximum Gasteiger partial charge on any atom is 0.137 e. The molecule has 3 aromatic heterocycles. The second-order valence-corrected chi connectivity index (χ2v) is 13.3. The lowest BCUT2D eigenvalue weighted by molar-refractivity contribution is 0.668. The molecule has 0 spiro atoms. The Morgan fingerprint density at radius 2 is 0.780 bits per heavy atom. The van der Waals surface area contributed by atoms with Crippen molar-refractivity contribution in [2.45, 2.75) is 13.8 Å². The summed E-state index contributed by atoms with van der Waals surface area (Å²) in [5.41, 5.74) is 12.8. The molecule has 0 saturated carbocycles. The molecular weight excluding hydrogens is 617 g/mol. The molecule has 3 heterocycles. The third kappa shape index (κ3) is 4.47. The molecule has 240 valence electrons. The molecular formula is C45H32N2O3. The Labute approximate surface area is 288 Å². The standard InChI is InChI=1S/C45H32N2O3/c1-27-8-11-29(12-9-27)47(32-14-19-37-35-17-10-28(2)22-42(35)49-44(37)25-32)33-15-20-38-36-18-13-31(24-43(36)50-45(38)26-33)46(3)30-16-21-41-39(23-30)34-6-4-5-7-40(34)48-41/h4-26H,1-3H3. The van der Waals surface area contributed by atoms with Gasteiger partial charge < -0.3 is 23.1 Å². The van der Waals surface area contributed by atoms with Gasteiger partial charge >= 0.3 is 0 Å². The molecule has 5 nitrogen and oxygen atoms in total. The summed E-state index contributed by atoms with van der Waals surface area (Å²) in [7, 11) is 2.09. The van der Waals surface area contributed by atoms with Crippen LogP contribution in [-0.2, 0) is 0 Å². The Kier molecular flexibility index (Phi) is 6.15. The summed E-state index contributed by atoms with van der Waals surface area (Å²) in [5, 5.41) is 6.63. The number of para-hydroxylation sites is 1. The minimum atomic E-state index is 0.834. The van der Waals surface area contributed by atoms with Crippen LogP contribution in [0.2, 0.25) is 0 Å². The van der Waals surface area contributed by atoms with Crippen LogP contribution >= 0.6 is 0 Å². The number of furan rings is 3. The fourth-order valence-electron chi connectivity index (χ4n) is 7.33. The highest BCUT2D eigenvalue weighted by molar-refractivity contribution is 6.09. The monoisotopic (exact) mass is 648 g/mol. The Morgan fingerprint density at radius 1 is 0.340 bits per heavy atom. The Balaban J connectivity index is 1.06. The molecule has 0 aliphatic carbocycles. The van der Waals surface area contributed by atoms with E-state index in [0.29, 0.717) is 0 Å². The van der Waals surface area contributed by atoms with Gasteiger partial charge in [-0.15, -0.1) is 0 Å². The van der Waals surface area contributed by atoms with Crippen molar-refractivity contribution < 1.29 is 13.3 Å². The van der Waals surface area contributed by atoms with E-state index in [0.717, 1.165) is 94.3 Å². The summed E-state index contributed by atoms with van der Waals surface area (Å²) >= 11 is 0. The summed E-state index contributed by atoms with van der Waals surface area (Å²) < 4.78 is 19.0. The van der Waals surface area contributed by atoms with Gasteiger partial charge in [-0.2, -0.15) is 0 Å². The van der Waals surface area contributed by atoms with Crippen LogP contribution in [0, 0.1) is 13.8 Å². The number of hydrogen-bond donors (Lipinski definition) is 0. The largest absolute Gasteiger partial charge is 0.456 e. The second kappa shape index (κ2) is 10.8. The van der Waals surface area contributed by atoms with E-state index >= 15 is 0 Å². The molecule has 0 unspecified atom stereocenters. The van der Waals surface area contributed by atoms with Gasteiger partial charge in [-0.1, -0.05) is 48.0 Å².